The molecule has 0 amide bonds. The molecular weight excluding hydrogens is 392 g/mol. The zero-order valence-corrected chi connectivity index (χ0v) is 18.4. The Balaban J connectivity index is 2.41. The van der Waals surface area contributed by atoms with E-state index in [-0.39, 0.29) is 37.7 Å². The van der Waals surface area contributed by atoms with E-state index in [1.54, 1.807) is 13.8 Å². The number of carboxylic acid groups (broad SMARTS) is 1. The third kappa shape index (κ3) is 5.60. The molecule has 2 aliphatic rings. The third-order valence-corrected chi connectivity index (χ3v) is 6.90. The Labute approximate surface area is 177 Å². The molecule has 2 bridgehead atoms. The summed E-state index contributed by atoms with van der Waals surface area (Å²) < 4.78 is 11.5. The number of ether oxygens (including phenoxy) is 2. The van der Waals surface area contributed by atoms with Gasteiger partial charge in [-0.05, 0) is 71.6 Å². The molecule has 0 aromatic heterocycles. The van der Waals surface area contributed by atoms with Crippen molar-refractivity contribution in [2.45, 2.75) is 108 Å². The Bertz CT molecular complexity index is 670. The molecule has 2 fully saturated rings. The van der Waals surface area contributed by atoms with Crippen molar-refractivity contribution < 1.29 is 39.5 Å². The number of carbonyl (C=O) groups excluding carboxylic acids is 1. The number of carbonyl (C=O) groups is 2. The van der Waals surface area contributed by atoms with Gasteiger partial charge in [-0.3, -0.25) is 4.79 Å². The van der Waals surface area contributed by atoms with E-state index < -0.39 is 53.0 Å². The predicted molar refractivity (Wildman–Crippen MR) is 109 cm³/mol. The Morgan fingerprint density at radius 3 is 2.20 bits per heavy atom. The molecular formula is C22H36O8. The lowest BCUT2D eigenvalue weighted by molar-refractivity contribution is -0.169. The van der Waals surface area contributed by atoms with Crippen LogP contribution in [-0.4, -0.2) is 67.5 Å². The molecule has 30 heavy (non-hydrogen) atoms. The zero-order chi connectivity index (χ0) is 22.9. The Morgan fingerprint density at radius 2 is 1.63 bits per heavy atom. The highest BCUT2D eigenvalue weighted by molar-refractivity contribution is 5.86. The van der Waals surface area contributed by atoms with Crippen LogP contribution in [0.1, 0.15) is 72.6 Å². The molecule has 0 aromatic rings. The number of aliphatic hydroxyl groups is 3. The summed E-state index contributed by atoms with van der Waals surface area (Å²) in [5.74, 6) is -2.39. The first kappa shape index (κ1) is 24.8. The van der Waals surface area contributed by atoms with Gasteiger partial charge >= 0.3 is 11.9 Å². The number of carboxylic acids is 1. The number of hydrogen-bond donors (Lipinski definition) is 4. The molecule has 0 aliphatic carbocycles. The Hall–Kier alpha value is -1.48. The van der Waals surface area contributed by atoms with Gasteiger partial charge in [0, 0.05) is 12.5 Å². The van der Waals surface area contributed by atoms with Crippen LogP contribution in [0.15, 0.2) is 12.2 Å². The second-order valence-corrected chi connectivity index (χ2v) is 9.63. The Morgan fingerprint density at radius 1 is 1.03 bits per heavy atom. The summed E-state index contributed by atoms with van der Waals surface area (Å²) >= 11 is 0. The average Bonchev–Trinajstić information content (AvgIpc) is 3.05. The van der Waals surface area contributed by atoms with Crippen molar-refractivity contribution in [2.75, 3.05) is 0 Å². The largest absolute Gasteiger partial charge is 0.478 e. The zero-order valence-electron chi connectivity index (χ0n) is 18.4. The molecule has 2 aliphatic heterocycles. The van der Waals surface area contributed by atoms with Gasteiger partial charge in [0.05, 0.1) is 29.0 Å². The van der Waals surface area contributed by atoms with E-state index in [2.05, 4.69) is 6.58 Å². The highest BCUT2D eigenvalue weighted by atomic mass is 16.6. The van der Waals surface area contributed by atoms with Gasteiger partial charge in [-0.25, -0.2) is 4.79 Å². The van der Waals surface area contributed by atoms with Crippen LogP contribution >= 0.6 is 0 Å². The van der Waals surface area contributed by atoms with Crippen molar-refractivity contribution in [3.05, 3.63) is 12.2 Å². The van der Waals surface area contributed by atoms with Gasteiger partial charge in [-0.1, -0.05) is 6.58 Å². The number of esters is 1. The summed E-state index contributed by atoms with van der Waals surface area (Å²) in [6.45, 7) is 9.86. The summed E-state index contributed by atoms with van der Waals surface area (Å²) in [4.78, 5) is 23.3. The van der Waals surface area contributed by atoms with Crippen molar-refractivity contribution in [1.29, 1.82) is 0 Å². The van der Waals surface area contributed by atoms with E-state index in [1.807, 2.05) is 0 Å². The van der Waals surface area contributed by atoms with E-state index in [0.717, 1.165) is 0 Å². The lowest BCUT2D eigenvalue weighted by atomic mass is 9.78. The number of fused-ring (bicyclic) bond motifs is 2. The maximum absolute atomic E-state index is 11.7. The second kappa shape index (κ2) is 8.94. The molecule has 7 unspecified atom stereocenters. The molecule has 0 saturated carbocycles. The summed E-state index contributed by atoms with van der Waals surface area (Å²) in [5, 5.41) is 42.4. The molecule has 8 heteroatoms. The number of aliphatic carboxylic acids is 1. The minimum absolute atomic E-state index is 0.0483. The molecule has 2 saturated heterocycles. The first-order valence-corrected chi connectivity index (χ1v) is 10.6. The first-order valence-electron chi connectivity index (χ1n) is 10.6. The van der Waals surface area contributed by atoms with Crippen LogP contribution in [-0.2, 0) is 19.1 Å². The first-order chi connectivity index (χ1) is 13.7. The lowest BCUT2D eigenvalue weighted by Crippen LogP contribution is -2.46. The SMILES string of the molecule is C=C(C(=O)O)C1CCC(C)(O)C2CCC(C)(O2)C(O)CCC(C)(O)C(OC(C)=O)C1. The molecule has 0 radical (unpaired) electrons. The molecule has 4 N–H and O–H groups in total. The van der Waals surface area contributed by atoms with Gasteiger partial charge in [0.25, 0.3) is 0 Å². The van der Waals surface area contributed by atoms with E-state index in [1.165, 1.54) is 13.8 Å². The van der Waals surface area contributed by atoms with Gasteiger partial charge in [-0.15, -0.1) is 0 Å². The van der Waals surface area contributed by atoms with Crippen molar-refractivity contribution in [3.8, 4) is 0 Å². The Kier molecular flexibility index (Phi) is 7.39. The van der Waals surface area contributed by atoms with Crippen molar-refractivity contribution >= 4 is 11.9 Å². The summed E-state index contributed by atoms with van der Waals surface area (Å²) in [7, 11) is 0. The summed E-state index contributed by atoms with van der Waals surface area (Å²) in [6.07, 6.45) is -0.380. The van der Waals surface area contributed by atoms with Gasteiger partial charge in [0.2, 0.25) is 0 Å². The van der Waals surface area contributed by atoms with Crippen LogP contribution < -0.4 is 0 Å². The average molecular weight is 429 g/mol. The summed E-state index contributed by atoms with van der Waals surface area (Å²) in [6, 6.07) is 0. The van der Waals surface area contributed by atoms with Gasteiger partial charge < -0.3 is 29.9 Å². The van der Waals surface area contributed by atoms with Gasteiger partial charge in [0.1, 0.15) is 6.10 Å². The highest BCUT2D eigenvalue weighted by Gasteiger charge is 2.49. The molecule has 0 aromatic carbocycles. The fourth-order valence-corrected chi connectivity index (χ4v) is 4.56. The van der Waals surface area contributed by atoms with Crippen molar-refractivity contribution in [3.63, 3.8) is 0 Å². The van der Waals surface area contributed by atoms with Crippen LogP contribution in [0.25, 0.3) is 0 Å². The van der Waals surface area contributed by atoms with Crippen molar-refractivity contribution in [2.24, 2.45) is 5.92 Å². The predicted octanol–water partition coefficient (Wildman–Crippen LogP) is 1.94. The monoisotopic (exact) mass is 428 g/mol. The standard InChI is InChI=1S/C22H36O8/c1-13(19(25)26)15-6-9-20(3,27)17-8-11-22(5,30-17)16(24)7-10-21(4,28)18(12-15)29-14(2)23/h15-18,24,27-28H,1,6-12H2,2-5H3,(H,25,26). The smallest absolute Gasteiger partial charge is 0.331 e. The van der Waals surface area contributed by atoms with E-state index in [4.69, 9.17) is 9.47 Å². The topological polar surface area (TPSA) is 134 Å². The van der Waals surface area contributed by atoms with Gasteiger partial charge in [0.15, 0.2) is 0 Å². The van der Waals surface area contributed by atoms with Crippen molar-refractivity contribution in [1.82, 2.24) is 0 Å². The molecule has 7 atom stereocenters. The van der Waals surface area contributed by atoms with Crippen LogP contribution in [0.4, 0.5) is 0 Å². The van der Waals surface area contributed by atoms with E-state index >= 15 is 0 Å². The second-order valence-electron chi connectivity index (χ2n) is 9.63. The van der Waals surface area contributed by atoms with Crippen LogP contribution in [0.2, 0.25) is 0 Å². The van der Waals surface area contributed by atoms with Crippen LogP contribution in [0.3, 0.4) is 0 Å². The van der Waals surface area contributed by atoms with Crippen LogP contribution in [0.5, 0.6) is 0 Å². The molecule has 172 valence electrons. The van der Waals surface area contributed by atoms with E-state index in [9.17, 15) is 30.0 Å². The third-order valence-electron chi connectivity index (χ3n) is 6.90. The lowest BCUT2D eigenvalue weighted by Gasteiger charge is -2.36. The number of rotatable bonds is 3. The maximum Gasteiger partial charge on any atom is 0.331 e. The van der Waals surface area contributed by atoms with Crippen LogP contribution in [0, 0.1) is 5.92 Å². The number of hydrogen-bond acceptors (Lipinski definition) is 7. The van der Waals surface area contributed by atoms with Gasteiger partial charge in [-0.2, -0.15) is 0 Å². The molecule has 2 heterocycles. The molecule has 8 nitrogen and oxygen atoms in total. The normalized spacial score (nSPS) is 43.0. The maximum atomic E-state index is 11.7. The fourth-order valence-electron chi connectivity index (χ4n) is 4.56. The quantitative estimate of drug-likeness (QED) is 0.396. The molecule has 0 spiro atoms. The fraction of sp³-hybridized carbons (Fsp3) is 0.818. The van der Waals surface area contributed by atoms with E-state index in [0.29, 0.717) is 12.8 Å². The minimum Gasteiger partial charge on any atom is -0.478 e. The number of aliphatic hydroxyl groups excluding tert-OH is 1. The minimum atomic E-state index is -1.49. The summed E-state index contributed by atoms with van der Waals surface area (Å²) in [5.41, 5.74) is -3.65. The highest BCUT2D eigenvalue weighted by Crippen LogP contribution is 2.42. The molecule has 2 rings (SSSR count).